The van der Waals surface area contributed by atoms with Crippen LogP contribution in [0.3, 0.4) is 0 Å². The quantitative estimate of drug-likeness (QED) is 0.243. The maximum Gasteiger partial charge on any atom is 0.191 e. The fourth-order valence-corrected chi connectivity index (χ4v) is 0.950. The molecule has 0 spiro atoms. The van der Waals surface area contributed by atoms with Crippen molar-refractivity contribution < 1.29 is 4.74 Å². The summed E-state index contributed by atoms with van der Waals surface area (Å²) in [6.45, 7) is 10.9. The molecule has 5 heteroatoms. The summed E-state index contributed by atoms with van der Waals surface area (Å²) in [7, 11) is 1.74. The van der Waals surface area contributed by atoms with Crippen molar-refractivity contribution in [2.24, 2.45) is 10.9 Å². The van der Waals surface area contributed by atoms with E-state index in [1.54, 1.807) is 13.1 Å². The fourth-order valence-electron chi connectivity index (χ4n) is 0.950. The highest BCUT2D eigenvalue weighted by Crippen LogP contribution is 1.90. The number of nitrogens with zero attached hydrogens (tertiary/aromatic N) is 1. The summed E-state index contributed by atoms with van der Waals surface area (Å²) >= 11 is 0. The lowest BCUT2D eigenvalue weighted by Gasteiger charge is -2.11. The van der Waals surface area contributed by atoms with Crippen LogP contribution in [0, 0.1) is 5.92 Å². The highest BCUT2D eigenvalue weighted by Gasteiger charge is 1.96. The third kappa shape index (κ3) is 11.8. The van der Waals surface area contributed by atoms with Crippen molar-refractivity contribution in [2.75, 3.05) is 33.4 Å². The average Bonchev–Trinajstić information content (AvgIpc) is 2.21. The zero-order chi connectivity index (χ0) is 11.5. The van der Waals surface area contributed by atoms with Gasteiger partial charge in [-0.1, -0.05) is 19.9 Å². The predicted octanol–water partition coefficient (Wildman–Crippen LogP) is 1.63. The maximum absolute atomic E-state index is 5.43. The summed E-state index contributed by atoms with van der Waals surface area (Å²) in [4.78, 5) is 4.05. The zero-order valence-electron chi connectivity index (χ0n) is 10.5. The SMILES string of the molecule is C=CCNC(=NC)NCCOCC(C)C.I. The van der Waals surface area contributed by atoms with Crippen molar-refractivity contribution in [3.63, 3.8) is 0 Å². The van der Waals surface area contributed by atoms with Crippen molar-refractivity contribution >= 4 is 29.9 Å². The molecular formula is C11H24IN3O. The maximum atomic E-state index is 5.43. The smallest absolute Gasteiger partial charge is 0.191 e. The van der Waals surface area contributed by atoms with Gasteiger partial charge in [0.2, 0.25) is 0 Å². The Morgan fingerprint density at radius 1 is 1.44 bits per heavy atom. The molecular weight excluding hydrogens is 317 g/mol. The van der Waals surface area contributed by atoms with Crippen molar-refractivity contribution in [3.8, 4) is 0 Å². The first-order chi connectivity index (χ1) is 7.20. The Balaban J connectivity index is 0. The van der Waals surface area contributed by atoms with Crippen molar-refractivity contribution in [1.29, 1.82) is 0 Å². The molecule has 0 aliphatic heterocycles. The third-order valence-electron chi connectivity index (χ3n) is 1.63. The average molecular weight is 341 g/mol. The molecule has 2 N–H and O–H groups in total. The van der Waals surface area contributed by atoms with Crippen LogP contribution in [0.1, 0.15) is 13.8 Å². The second-order valence-electron chi connectivity index (χ2n) is 3.64. The second kappa shape index (κ2) is 12.8. The van der Waals surface area contributed by atoms with E-state index >= 15 is 0 Å². The van der Waals surface area contributed by atoms with Gasteiger partial charge in [-0.05, 0) is 5.92 Å². The van der Waals surface area contributed by atoms with Crippen LogP contribution < -0.4 is 10.6 Å². The fraction of sp³-hybridized carbons (Fsp3) is 0.727. The van der Waals surface area contributed by atoms with Gasteiger partial charge in [0.1, 0.15) is 0 Å². The van der Waals surface area contributed by atoms with Gasteiger partial charge in [-0.25, -0.2) is 0 Å². The zero-order valence-corrected chi connectivity index (χ0v) is 12.8. The summed E-state index contributed by atoms with van der Waals surface area (Å²) in [6, 6.07) is 0. The summed E-state index contributed by atoms with van der Waals surface area (Å²) in [5.74, 6) is 1.37. The van der Waals surface area contributed by atoms with Crippen LogP contribution in [-0.4, -0.2) is 39.3 Å². The predicted molar refractivity (Wildman–Crippen MR) is 80.6 cm³/mol. The van der Waals surface area contributed by atoms with E-state index < -0.39 is 0 Å². The molecule has 4 nitrogen and oxygen atoms in total. The first kappa shape index (κ1) is 18.1. The van der Waals surface area contributed by atoms with Crippen LogP contribution in [0.5, 0.6) is 0 Å². The van der Waals surface area contributed by atoms with Gasteiger partial charge in [-0.3, -0.25) is 4.99 Å². The van der Waals surface area contributed by atoms with Gasteiger partial charge in [-0.15, -0.1) is 30.6 Å². The number of aliphatic imine (C=N–C) groups is 1. The highest BCUT2D eigenvalue weighted by atomic mass is 127. The van der Waals surface area contributed by atoms with E-state index in [4.69, 9.17) is 4.74 Å². The number of halogens is 1. The van der Waals surface area contributed by atoms with Gasteiger partial charge in [-0.2, -0.15) is 0 Å². The van der Waals surface area contributed by atoms with Gasteiger partial charge in [0.15, 0.2) is 5.96 Å². The van der Waals surface area contributed by atoms with E-state index in [2.05, 4.69) is 36.1 Å². The minimum Gasteiger partial charge on any atom is -0.379 e. The van der Waals surface area contributed by atoms with E-state index in [9.17, 15) is 0 Å². The van der Waals surface area contributed by atoms with E-state index in [0.29, 0.717) is 19.1 Å². The molecule has 16 heavy (non-hydrogen) atoms. The number of guanidine groups is 1. The van der Waals surface area contributed by atoms with Gasteiger partial charge >= 0.3 is 0 Å². The number of hydrogen-bond donors (Lipinski definition) is 2. The standard InChI is InChI=1S/C11H23N3O.HI/c1-5-6-13-11(12-4)14-7-8-15-9-10(2)3;/h5,10H,1,6-9H2,2-4H3,(H2,12,13,14);1H. The summed E-state index contributed by atoms with van der Waals surface area (Å²) < 4.78 is 5.43. The number of ether oxygens (including phenoxy) is 1. The lowest BCUT2D eigenvalue weighted by molar-refractivity contribution is 0.114. The molecule has 0 aliphatic carbocycles. The molecule has 0 amide bonds. The molecule has 0 aliphatic rings. The minimum atomic E-state index is 0. The molecule has 0 aromatic rings. The molecule has 0 heterocycles. The second-order valence-corrected chi connectivity index (χ2v) is 3.64. The Morgan fingerprint density at radius 3 is 2.62 bits per heavy atom. The van der Waals surface area contributed by atoms with Crippen molar-refractivity contribution in [3.05, 3.63) is 12.7 Å². The molecule has 0 saturated heterocycles. The van der Waals surface area contributed by atoms with Crippen LogP contribution in [0.2, 0.25) is 0 Å². The van der Waals surface area contributed by atoms with Crippen molar-refractivity contribution in [2.45, 2.75) is 13.8 Å². The largest absolute Gasteiger partial charge is 0.379 e. The number of hydrogen-bond acceptors (Lipinski definition) is 2. The molecule has 0 aromatic heterocycles. The minimum absolute atomic E-state index is 0. The summed E-state index contributed by atoms with van der Waals surface area (Å²) in [5.41, 5.74) is 0. The molecule has 0 rings (SSSR count). The number of nitrogens with one attached hydrogen (secondary N) is 2. The van der Waals surface area contributed by atoms with Crippen LogP contribution in [0.4, 0.5) is 0 Å². The topological polar surface area (TPSA) is 45.7 Å². The Kier molecular flexibility index (Phi) is 14.4. The van der Waals surface area contributed by atoms with Gasteiger partial charge in [0.05, 0.1) is 6.61 Å². The van der Waals surface area contributed by atoms with Gasteiger partial charge in [0.25, 0.3) is 0 Å². The third-order valence-corrected chi connectivity index (χ3v) is 1.63. The van der Waals surface area contributed by atoms with Crippen molar-refractivity contribution in [1.82, 2.24) is 10.6 Å². The van der Waals surface area contributed by atoms with Gasteiger partial charge < -0.3 is 15.4 Å². The Labute approximate surface area is 116 Å². The summed E-state index contributed by atoms with van der Waals surface area (Å²) in [6.07, 6.45) is 1.79. The Bertz CT molecular complexity index is 196. The lowest BCUT2D eigenvalue weighted by Crippen LogP contribution is -2.39. The molecule has 0 unspecified atom stereocenters. The van der Waals surface area contributed by atoms with Crippen LogP contribution in [-0.2, 0) is 4.74 Å². The first-order valence-electron chi connectivity index (χ1n) is 5.33. The van der Waals surface area contributed by atoms with Crippen LogP contribution >= 0.6 is 24.0 Å². The van der Waals surface area contributed by atoms with E-state index in [-0.39, 0.29) is 24.0 Å². The molecule has 0 aromatic carbocycles. The molecule has 0 radical (unpaired) electrons. The van der Waals surface area contributed by atoms with Gasteiger partial charge in [0, 0.05) is 26.7 Å². The first-order valence-corrected chi connectivity index (χ1v) is 5.33. The molecule has 0 fully saturated rings. The lowest BCUT2D eigenvalue weighted by atomic mass is 10.2. The van der Waals surface area contributed by atoms with Crippen LogP contribution in [0.15, 0.2) is 17.6 Å². The number of rotatable bonds is 7. The Morgan fingerprint density at radius 2 is 2.12 bits per heavy atom. The van der Waals surface area contributed by atoms with E-state index in [1.165, 1.54) is 0 Å². The highest BCUT2D eigenvalue weighted by molar-refractivity contribution is 14.0. The molecule has 0 atom stereocenters. The van der Waals surface area contributed by atoms with Crippen LogP contribution in [0.25, 0.3) is 0 Å². The van der Waals surface area contributed by atoms with E-state index in [0.717, 1.165) is 19.1 Å². The summed E-state index contributed by atoms with van der Waals surface area (Å²) in [5, 5.41) is 6.23. The Hall–Kier alpha value is -0.300. The normalized spacial score (nSPS) is 10.9. The molecule has 96 valence electrons. The monoisotopic (exact) mass is 341 g/mol. The molecule has 0 saturated carbocycles. The van der Waals surface area contributed by atoms with E-state index in [1.807, 2.05) is 0 Å². The molecule has 0 bridgehead atoms.